The standard InChI is InChI=1S/C33H29F2N7O3/c1-41(2)32(43)21-7-10-28(27(35)16-21)39-33(44)37-23-8-5-20(6-9-23)30-38-29-18-24(22-4-3-11-36-19-22)26(34)17-25(29)31(40-30)42-12-14-45-15-13-42/h3-11,16-19H,12-15H2,1-2H3,(H2,37,39,44). The Morgan fingerprint density at radius 2 is 1.67 bits per heavy atom. The Morgan fingerprint density at radius 1 is 0.889 bits per heavy atom. The number of nitrogens with zero attached hydrogens (tertiary/aromatic N) is 5. The van der Waals surface area contributed by atoms with Crippen molar-refractivity contribution >= 4 is 40.0 Å². The average Bonchev–Trinajstić information content (AvgIpc) is 3.05. The molecule has 0 radical (unpaired) electrons. The van der Waals surface area contributed by atoms with Gasteiger partial charge in [-0.05, 0) is 60.7 Å². The first-order valence-electron chi connectivity index (χ1n) is 14.2. The van der Waals surface area contributed by atoms with Gasteiger partial charge in [0.1, 0.15) is 17.5 Å². The highest BCUT2D eigenvalue weighted by molar-refractivity contribution is 6.01. The zero-order valence-electron chi connectivity index (χ0n) is 24.6. The van der Waals surface area contributed by atoms with Crippen molar-refractivity contribution in [3.63, 3.8) is 0 Å². The number of aromatic nitrogens is 3. The van der Waals surface area contributed by atoms with Gasteiger partial charge in [-0.3, -0.25) is 9.78 Å². The second-order valence-corrected chi connectivity index (χ2v) is 10.6. The zero-order chi connectivity index (χ0) is 31.5. The number of carbonyl (C=O) groups excluding carboxylic acids is 2. The predicted octanol–water partition coefficient (Wildman–Crippen LogP) is 5.82. The number of ether oxygens (including phenoxy) is 1. The molecule has 12 heteroatoms. The number of hydrogen-bond donors (Lipinski definition) is 2. The van der Waals surface area contributed by atoms with Crippen LogP contribution in [0.2, 0.25) is 0 Å². The average molecular weight is 610 g/mol. The molecule has 6 rings (SSSR count). The van der Waals surface area contributed by atoms with Gasteiger partial charge in [-0.25, -0.2) is 23.5 Å². The molecule has 3 aromatic carbocycles. The molecule has 2 aromatic heterocycles. The van der Waals surface area contributed by atoms with E-state index in [9.17, 15) is 14.0 Å². The molecular formula is C33H29F2N7O3. The number of amides is 3. The van der Waals surface area contributed by atoms with Crippen molar-refractivity contribution in [2.24, 2.45) is 0 Å². The van der Waals surface area contributed by atoms with Crippen LogP contribution in [-0.2, 0) is 4.74 Å². The lowest BCUT2D eigenvalue weighted by Gasteiger charge is -2.29. The van der Waals surface area contributed by atoms with Gasteiger partial charge in [0.25, 0.3) is 5.91 Å². The van der Waals surface area contributed by atoms with Gasteiger partial charge >= 0.3 is 6.03 Å². The summed E-state index contributed by atoms with van der Waals surface area (Å²) >= 11 is 0. The SMILES string of the molecule is CN(C)C(=O)c1ccc(NC(=O)Nc2ccc(-c3nc(N4CCOCC4)c4cc(F)c(-c5cccnc5)cc4n3)cc2)c(F)c1. The van der Waals surface area contributed by atoms with Gasteiger partial charge in [0.2, 0.25) is 0 Å². The summed E-state index contributed by atoms with van der Waals surface area (Å²) in [5, 5.41) is 5.73. The number of rotatable bonds is 6. The summed E-state index contributed by atoms with van der Waals surface area (Å²) in [6, 6.07) is 16.8. The smallest absolute Gasteiger partial charge is 0.323 e. The van der Waals surface area contributed by atoms with Crippen LogP contribution >= 0.6 is 0 Å². The molecule has 1 aliphatic rings. The Hall–Kier alpha value is -5.49. The maximum Gasteiger partial charge on any atom is 0.323 e. The molecule has 0 unspecified atom stereocenters. The molecule has 0 saturated carbocycles. The first-order chi connectivity index (χ1) is 21.8. The topological polar surface area (TPSA) is 113 Å². The van der Waals surface area contributed by atoms with Crippen molar-refractivity contribution in [3.8, 4) is 22.5 Å². The predicted molar refractivity (Wildman–Crippen MR) is 168 cm³/mol. The monoisotopic (exact) mass is 609 g/mol. The van der Waals surface area contributed by atoms with E-state index in [2.05, 4.69) is 20.5 Å². The third-order valence-corrected chi connectivity index (χ3v) is 7.32. The van der Waals surface area contributed by atoms with E-state index in [0.717, 1.165) is 6.07 Å². The van der Waals surface area contributed by atoms with E-state index >= 15 is 4.39 Å². The molecule has 1 fully saturated rings. The fourth-order valence-electron chi connectivity index (χ4n) is 5.02. The van der Waals surface area contributed by atoms with Crippen molar-refractivity contribution in [2.75, 3.05) is 55.9 Å². The van der Waals surface area contributed by atoms with Crippen molar-refractivity contribution in [1.82, 2.24) is 19.9 Å². The van der Waals surface area contributed by atoms with Crippen LogP contribution < -0.4 is 15.5 Å². The first kappa shape index (κ1) is 29.6. The molecule has 10 nitrogen and oxygen atoms in total. The van der Waals surface area contributed by atoms with Gasteiger partial charge in [-0.2, -0.15) is 0 Å². The summed E-state index contributed by atoms with van der Waals surface area (Å²) in [5.41, 5.74) is 2.82. The summed E-state index contributed by atoms with van der Waals surface area (Å²) < 4.78 is 35.5. The molecule has 0 bridgehead atoms. The molecule has 0 spiro atoms. The number of nitrogens with one attached hydrogen (secondary N) is 2. The Kier molecular flexibility index (Phi) is 8.30. The van der Waals surface area contributed by atoms with Crippen LogP contribution in [0.4, 0.5) is 30.8 Å². The van der Waals surface area contributed by atoms with Crippen LogP contribution in [0.25, 0.3) is 33.4 Å². The van der Waals surface area contributed by atoms with Crippen LogP contribution in [-0.4, -0.2) is 72.2 Å². The Bertz CT molecular complexity index is 1880. The molecule has 3 amide bonds. The van der Waals surface area contributed by atoms with Gasteiger partial charge in [-0.1, -0.05) is 6.07 Å². The summed E-state index contributed by atoms with van der Waals surface area (Å²) in [4.78, 5) is 41.8. The summed E-state index contributed by atoms with van der Waals surface area (Å²) in [7, 11) is 3.14. The highest BCUT2D eigenvalue weighted by Crippen LogP contribution is 2.33. The van der Waals surface area contributed by atoms with E-state index in [1.807, 2.05) is 0 Å². The van der Waals surface area contributed by atoms with Crippen LogP contribution in [0.3, 0.4) is 0 Å². The van der Waals surface area contributed by atoms with Crippen molar-refractivity contribution < 1.29 is 23.1 Å². The second-order valence-electron chi connectivity index (χ2n) is 10.6. The molecule has 2 N–H and O–H groups in total. The van der Waals surface area contributed by atoms with Crippen LogP contribution in [0.15, 0.2) is 79.1 Å². The van der Waals surface area contributed by atoms with E-state index < -0.39 is 17.7 Å². The Balaban J connectivity index is 1.26. The van der Waals surface area contributed by atoms with E-state index in [1.165, 1.54) is 23.1 Å². The lowest BCUT2D eigenvalue weighted by atomic mass is 10.0. The minimum Gasteiger partial charge on any atom is -0.378 e. The minimum atomic E-state index is -0.732. The number of urea groups is 1. The van der Waals surface area contributed by atoms with E-state index in [0.29, 0.717) is 71.2 Å². The number of morpholine rings is 1. The zero-order valence-corrected chi connectivity index (χ0v) is 24.6. The van der Waals surface area contributed by atoms with Gasteiger partial charge in [0, 0.05) is 72.9 Å². The largest absolute Gasteiger partial charge is 0.378 e. The third-order valence-electron chi connectivity index (χ3n) is 7.32. The minimum absolute atomic E-state index is 0.0678. The molecule has 3 heterocycles. The lowest BCUT2D eigenvalue weighted by Crippen LogP contribution is -2.37. The quantitative estimate of drug-likeness (QED) is 0.250. The lowest BCUT2D eigenvalue weighted by molar-refractivity contribution is 0.0827. The number of hydrogen-bond acceptors (Lipinski definition) is 7. The van der Waals surface area contributed by atoms with Crippen molar-refractivity contribution in [3.05, 3.63) is 96.3 Å². The van der Waals surface area contributed by atoms with Gasteiger partial charge in [0.15, 0.2) is 5.82 Å². The highest BCUT2D eigenvalue weighted by atomic mass is 19.1. The molecule has 0 aliphatic carbocycles. The fourth-order valence-corrected chi connectivity index (χ4v) is 5.02. The Labute approximate surface area is 257 Å². The maximum absolute atomic E-state index is 15.4. The maximum atomic E-state index is 15.4. The van der Waals surface area contributed by atoms with Crippen LogP contribution in [0, 0.1) is 11.6 Å². The number of halogens is 2. The number of benzene rings is 3. The second kappa shape index (κ2) is 12.6. The molecule has 228 valence electrons. The summed E-state index contributed by atoms with van der Waals surface area (Å²) in [6.07, 6.45) is 3.24. The van der Waals surface area contributed by atoms with E-state index in [-0.39, 0.29) is 17.2 Å². The Morgan fingerprint density at radius 3 is 2.36 bits per heavy atom. The van der Waals surface area contributed by atoms with Crippen molar-refractivity contribution in [2.45, 2.75) is 0 Å². The normalized spacial score (nSPS) is 13.0. The third kappa shape index (κ3) is 6.41. The highest BCUT2D eigenvalue weighted by Gasteiger charge is 2.21. The molecule has 45 heavy (non-hydrogen) atoms. The summed E-state index contributed by atoms with van der Waals surface area (Å²) in [6.45, 7) is 2.26. The van der Waals surface area contributed by atoms with Gasteiger partial charge in [0.05, 0.1) is 24.4 Å². The van der Waals surface area contributed by atoms with Crippen LogP contribution in [0.1, 0.15) is 10.4 Å². The number of carbonyl (C=O) groups is 2. The number of pyridine rings is 1. The molecule has 5 aromatic rings. The van der Waals surface area contributed by atoms with Gasteiger partial charge in [-0.15, -0.1) is 0 Å². The fraction of sp³-hybridized carbons (Fsp3) is 0.182. The van der Waals surface area contributed by atoms with E-state index in [1.54, 1.807) is 69.0 Å². The number of anilines is 3. The molecule has 1 saturated heterocycles. The first-order valence-corrected chi connectivity index (χ1v) is 14.2. The van der Waals surface area contributed by atoms with Crippen LogP contribution in [0.5, 0.6) is 0 Å². The molecule has 1 aliphatic heterocycles. The van der Waals surface area contributed by atoms with Crippen molar-refractivity contribution in [1.29, 1.82) is 0 Å². The summed E-state index contributed by atoms with van der Waals surface area (Å²) in [5.74, 6) is -0.439. The number of fused-ring (bicyclic) bond motifs is 1. The van der Waals surface area contributed by atoms with E-state index in [4.69, 9.17) is 14.7 Å². The molecule has 0 atom stereocenters. The molecular weight excluding hydrogens is 580 g/mol. The van der Waals surface area contributed by atoms with Gasteiger partial charge < -0.3 is 25.2 Å².